The van der Waals surface area contributed by atoms with E-state index in [-0.39, 0.29) is 23.0 Å². The van der Waals surface area contributed by atoms with Gasteiger partial charge in [-0.25, -0.2) is 4.98 Å². The summed E-state index contributed by atoms with van der Waals surface area (Å²) in [4.78, 5) is 26.6. The molecule has 0 radical (unpaired) electrons. The molecule has 1 saturated carbocycles. The van der Waals surface area contributed by atoms with Gasteiger partial charge in [-0.15, -0.1) is 0 Å². The van der Waals surface area contributed by atoms with Crippen LogP contribution in [0.2, 0.25) is 5.15 Å². The second-order valence-electron chi connectivity index (χ2n) is 4.36. The van der Waals surface area contributed by atoms with E-state index in [9.17, 15) is 9.59 Å². The Hall–Kier alpha value is -1.62. The van der Waals surface area contributed by atoms with Crippen molar-refractivity contribution in [2.45, 2.75) is 25.3 Å². The van der Waals surface area contributed by atoms with Crippen molar-refractivity contribution in [2.24, 2.45) is 5.92 Å². The minimum Gasteiger partial charge on any atom is -0.481 e. The van der Waals surface area contributed by atoms with Crippen LogP contribution in [0.4, 0.5) is 0 Å². The van der Waals surface area contributed by atoms with Crippen LogP contribution in [0.3, 0.4) is 0 Å². The summed E-state index contributed by atoms with van der Waals surface area (Å²) in [5, 5.41) is 11.8. The molecule has 1 aliphatic rings. The van der Waals surface area contributed by atoms with E-state index in [2.05, 4.69) is 10.3 Å². The molecule has 2 rings (SSSR count). The van der Waals surface area contributed by atoms with Gasteiger partial charge in [0, 0.05) is 12.2 Å². The van der Waals surface area contributed by atoms with Gasteiger partial charge < -0.3 is 10.4 Å². The lowest BCUT2D eigenvalue weighted by molar-refractivity contribution is -0.141. The molecule has 5 nitrogen and oxygen atoms in total. The Morgan fingerprint density at radius 2 is 2.22 bits per heavy atom. The monoisotopic (exact) mass is 268 g/mol. The first-order valence-electron chi connectivity index (χ1n) is 5.72. The van der Waals surface area contributed by atoms with Crippen molar-refractivity contribution in [2.75, 3.05) is 0 Å². The van der Waals surface area contributed by atoms with Crippen molar-refractivity contribution < 1.29 is 14.7 Å². The van der Waals surface area contributed by atoms with Crippen molar-refractivity contribution in [3.8, 4) is 0 Å². The van der Waals surface area contributed by atoms with Crippen molar-refractivity contribution in [1.29, 1.82) is 0 Å². The van der Waals surface area contributed by atoms with Crippen LogP contribution in [0, 0.1) is 5.92 Å². The first-order chi connectivity index (χ1) is 8.58. The number of nitrogens with one attached hydrogen (secondary N) is 1. The number of amides is 1. The lowest BCUT2D eigenvalue weighted by atomic mass is 10.1. The molecule has 1 heterocycles. The molecule has 0 aliphatic heterocycles. The largest absolute Gasteiger partial charge is 0.481 e. The fraction of sp³-hybridized carbons (Fsp3) is 0.417. The Kier molecular flexibility index (Phi) is 3.81. The summed E-state index contributed by atoms with van der Waals surface area (Å²) in [7, 11) is 0. The van der Waals surface area contributed by atoms with Gasteiger partial charge in [0.1, 0.15) is 5.15 Å². The molecule has 96 valence electrons. The summed E-state index contributed by atoms with van der Waals surface area (Å²) in [6.07, 6.45) is 3.26. The van der Waals surface area contributed by atoms with Crippen LogP contribution < -0.4 is 5.32 Å². The molecule has 1 amide bonds. The van der Waals surface area contributed by atoms with Crippen LogP contribution in [0.15, 0.2) is 18.3 Å². The third-order valence-electron chi connectivity index (χ3n) is 3.12. The van der Waals surface area contributed by atoms with E-state index in [0.717, 1.165) is 0 Å². The number of nitrogens with zero attached hydrogens (tertiary/aromatic N) is 1. The average molecular weight is 269 g/mol. The Balaban J connectivity index is 1.97. The van der Waals surface area contributed by atoms with E-state index >= 15 is 0 Å². The lowest BCUT2D eigenvalue weighted by Crippen LogP contribution is -2.33. The minimum atomic E-state index is -0.800. The number of halogens is 1. The highest BCUT2D eigenvalue weighted by atomic mass is 35.5. The molecule has 1 aliphatic carbocycles. The zero-order valence-corrected chi connectivity index (χ0v) is 10.4. The molecule has 6 heteroatoms. The highest BCUT2D eigenvalue weighted by Gasteiger charge is 2.30. The van der Waals surface area contributed by atoms with Crippen LogP contribution in [-0.2, 0) is 4.79 Å². The van der Waals surface area contributed by atoms with Gasteiger partial charge in [-0.3, -0.25) is 9.59 Å². The topological polar surface area (TPSA) is 79.3 Å². The van der Waals surface area contributed by atoms with Crippen molar-refractivity contribution in [3.05, 3.63) is 29.0 Å². The molecule has 18 heavy (non-hydrogen) atoms. The second-order valence-corrected chi connectivity index (χ2v) is 4.72. The highest BCUT2D eigenvalue weighted by molar-refractivity contribution is 6.32. The van der Waals surface area contributed by atoms with Gasteiger partial charge in [0.2, 0.25) is 0 Å². The molecule has 2 N–H and O–H groups in total. The minimum absolute atomic E-state index is 0.102. The third-order valence-corrected chi connectivity index (χ3v) is 3.42. The number of hydrogen-bond acceptors (Lipinski definition) is 3. The quantitative estimate of drug-likeness (QED) is 0.818. The summed E-state index contributed by atoms with van der Waals surface area (Å²) >= 11 is 5.82. The molecule has 0 unspecified atom stereocenters. The number of hydrogen-bond donors (Lipinski definition) is 2. The lowest BCUT2D eigenvalue weighted by Gasteiger charge is -2.12. The number of carboxylic acid groups (broad SMARTS) is 1. The van der Waals surface area contributed by atoms with Crippen molar-refractivity contribution in [3.63, 3.8) is 0 Å². The van der Waals surface area contributed by atoms with E-state index in [0.29, 0.717) is 24.8 Å². The second kappa shape index (κ2) is 5.35. The van der Waals surface area contributed by atoms with E-state index in [1.165, 1.54) is 6.20 Å². The van der Waals surface area contributed by atoms with Crippen molar-refractivity contribution >= 4 is 23.5 Å². The molecule has 1 fully saturated rings. The Labute approximate surface area is 109 Å². The SMILES string of the molecule is O=C(N[C@H]1CC[C@@H](C(=O)O)C1)c1cccnc1Cl. The van der Waals surface area contributed by atoms with Crippen LogP contribution in [0.25, 0.3) is 0 Å². The third kappa shape index (κ3) is 2.79. The smallest absolute Gasteiger partial charge is 0.306 e. The van der Waals surface area contributed by atoms with Gasteiger partial charge in [-0.05, 0) is 31.4 Å². The zero-order chi connectivity index (χ0) is 13.1. The predicted octanol–water partition coefficient (Wildman–Crippen LogP) is 1.72. The number of pyridine rings is 1. The van der Waals surface area contributed by atoms with Crippen LogP contribution in [0.5, 0.6) is 0 Å². The summed E-state index contributed by atoms with van der Waals surface area (Å²) in [5.41, 5.74) is 0.318. The number of carbonyl (C=O) groups is 2. The summed E-state index contributed by atoms with van der Waals surface area (Å²) in [5.74, 6) is -1.46. The van der Waals surface area contributed by atoms with Gasteiger partial charge in [-0.1, -0.05) is 11.6 Å². The van der Waals surface area contributed by atoms with Gasteiger partial charge in [0.15, 0.2) is 0 Å². The molecule has 0 aromatic carbocycles. The van der Waals surface area contributed by atoms with Crippen LogP contribution in [-0.4, -0.2) is 28.0 Å². The van der Waals surface area contributed by atoms with Crippen molar-refractivity contribution in [1.82, 2.24) is 10.3 Å². The average Bonchev–Trinajstić information content (AvgIpc) is 2.78. The molecule has 2 atom stereocenters. The first-order valence-corrected chi connectivity index (χ1v) is 6.10. The van der Waals surface area contributed by atoms with Gasteiger partial charge >= 0.3 is 5.97 Å². The maximum absolute atomic E-state index is 11.9. The highest BCUT2D eigenvalue weighted by Crippen LogP contribution is 2.26. The molecule has 1 aromatic heterocycles. The van der Waals surface area contributed by atoms with E-state index in [1.807, 2.05) is 0 Å². The van der Waals surface area contributed by atoms with Crippen LogP contribution >= 0.6 is 11.6 Å². The maximum Gasteiger partial charge on any atom is 0.306 e. The number of carboxylic acids is 1. The summed E-state index contributed by atoms with van der Waals surface area (Å²) in [6, 6.07) is 3.12. The molecule has 1 aromatic rings. The molecular weight excluding hydrogens is 256 g/mol. The standard InChI is InChI=1S/C12H13ClN2O3/c13-10-9(2-1-5-14-10)11(16)15-8-4-3-7(6-8)12(17)18/h1-2,5,7-8H,3-4,6H2,(H,15,16)(H,17,18)/t7-,8+/m1/s1. The van der Waals surface area contributed by atoms with E-state index in [4.69, 9.17) is 16.7 Å². The Morgan fingerprint density at radius 3 is 2.83 bits per heavy atom. The molecular formula is C12H13ClN2O3. The normalized spacial score (nSPS) is 22.7. The van der Waals surface area contributed by atoms with Gasteiger partial charge in [0.25, 0.3) is 5.91 Å². The first kappa shape index (κ1) is 12.8. The number of rotatable bonds is 3. The number of aliphatic carboxylic acids is 1. The predicted molar refractivity (Wildman–Crippen MR) is 65.5 cm³/mol. The zero-order valence-electron chi connectivity index (χ0n) is 9.60. The van der Waals surface area contributed by atoms with Gasteiger partial charge in [0.05, 0.1) is 11.5 Å². The van der Waals surface area contributed by atoms with Crippen LogP contribution in [0.1, 0.15) is 29.6 Å². The number of aromatic nitrogens is 1. The summed E-state index contributed by atoms with van der Waals surface area (Å²) < 4.78 is 0. The molecule has 0 bridgehead atoms. The van der Waals surface area contributed by atoms with E-state index < -0.39 is 5.97 Å². The fourth-order valence-electron chi connectivity index (χ4n) is 2.16. The van der Waals surface area contributed by atoms with E-state index in [1.54, 1.807) is 12.1 Å². The molecule has 0 spiro atoms. The van der Waals surface area contributed by atoms with Gasteiger partial charge in [-0.2, -0.15) is 0 Å². The Bertz CT molecular complexity index is 478. The molecule has 0 saturated heterocycles. The summed E-state index contributed by atoms with van der Waals surface area (Å²) in [6.45, 7) is 0. The Morgan fingerprint density at radius 1 is 1.44 bits per heavy atom. The number of carbonyl (C=O) groups excluding carboxylic acids is 1. The fourth-order valence-corrected chi connectivity index (χ4v) is 2.36. The maximum atomic E-state index is 11.9.